The molecule has 3 nitrogen and oxygen atoms in total. The van der Waals surface area contributed by atoms with E-state index in [-0.39, 0.29) is 5.54 Å². The van der Waals surface area contributed by atoms with Crippen molar-refractivity contribution in [1.82, 2.24) is 10.2 Å². The minimum Gasteiger partial charge on any atom is -0.322 e. The first-order valence-corrected chi connectivity index (χ1v) is 8.67. The van der Waals surface area contributed by atoms with Gasteiger partial charge in [0.2, 0.25) is 5.91 Å². The molecule has 18 heavy (non-hydrogen) atoms. The van der Waals surface area contributed by atoms with Gasteiger partial charge in [0.15, 0.2) is 0 Å². The van der Waals surface area contributed by atoms with E-state index in [2.05, 4.69) is 23.4 Å². The van der Waals surface area contributed by atoms with Crippen LogP contribution in [0.25, 0.3) is 0 Å². The fourth-order valence-corrected chi connectivity index (χ4v) is 4.33. The number of hydrogen-bond acceptors (Lipinski definition) is 3. The van der Waals surface area contributed by atoms with Gasteiger partial charge in [0, 0.05) is 11.8 Å². The molecule has 1 saturated heterocycles. The first-order valence-electron chi connectivity index (χ1n) is 7.27. The predicted octanol–water partition coefficient (Wildman–Crippen LogP) is 2.22. The molecule has 3 rings (SSSR count). The molecule has 1 amide bonds. The molecular formula is C14H24N2OS. The maximum absolute atomic E-state index is 12.6. The van der Waals surface area contributed by atoms with Crippen molar-refractivity contribution in [3.8, 4) is 0 Å². The molecular weight excluding hydrogens is 244 g/mol. The number of thioether (sulfide) groups is 1. The van der Waals surface area contributed by atoms with Gasteiger partial charge in [0.25, 0.3) is 0 Å². The van der Waals surface area contributed by atoms with Gasteiger partial charge in [-0.1, -0.05) is 12.8 Å². The summed E-state index contributed by atoms with van der Waals surface area (Å²) in [6.45, 7) is 2.21. The molecule has 3 aliphatic rings. The smallest absolute Gasteiger partial charge is 0.244 e. The first kappa shape index (κ1) is 12.8. The van der Waals surface area contributed by atoms with Crippen molar-refractivity contribution >= 4 is 17.7 Å². The molecule has 1 heterocycles. The second-order valence-corrected chi connectivity index (χ2v) is 7.14. The molecule has 1 aliphatic heterocycles. The lowest BCUT2D eigenvalue weighted by Crippen LogP contribution is -2.47. The zero-order valence-electron chi connectivity index (χ0n) is 11.4. The molecule has 2 unspecified atom stereocenters. The average Bonchev–Trinajstić information content (AvgIpc) is 2.83. The molecule has 0 aromatic rings. The van der Waals surface area contributed by atoms with E-state index in [4.69, 9.17) is 0 Å². The monoisotopic (exact) mass is 268 g/mol. The van der Waals surface area contributed by atoms with Crippen LogP contribution >= 0.6 is 11.8 Å². The van der Waals surface area contributed by atoms with Crippen LogP contribution in [0.15, 0.2) is 0 Å². The molecule has 102 valence electrons. The van der Waals surface area contributed by atoms with Gasteiger partial charge in [0.1, 0.15) is 0 Å². The topological polar surface area (TPSA) is 32.3 Å². The van der Waals surface area contributed by atoms with Gasteiger partial charge in [0.05, 0.1) is 11.7 Å². The number of nitrogens with one attached hydrogen (secondary N) is 1. The van der Waals surface area contributed by atoms with Crippen molar-refractivity contribution in [1.29, 1.82) is 0 Å². The van der Waals surface area contributed by atoms with E-state index in [0.29, 0.717) is 24.0 Å². The van der Waals surface area contributed by atoms with Crippen LogP contribution in [0.4, 0.5) is 0 Å². The van der Waals surface area contributed by atoms with Gasteiger partial charge in [-0.2, -0.15) is 11.8 Å². The molecule has 2 atom stereocenters. The molecule has 2 saturated carbocycles. The van der Waals surface area contributed by atoms with Crippen LogP contribution in [0.1, 0.15) is 45.4 Å². The van der Waals surface area contributed by atoms with Gasteiger partial charge < -0.3 is 4.90 Å². The number of amides is 1. The zero-order chi connectivity index (χ0) is 12.8. The maximum atomic E-state index is 12.6. The van der Waals surface area contributed by atoms with E-state index in [1.165, 1.54) is 25.7 Å². The zero-order valence-corrected chi connectivity index (χ0v) is 12.3. The Hall–Kier alpha value is -0.220. The maximum Gasteiger partial charge on any atom is 0.244 e. The highest BCUT2D eigenvalue weighted by atomic mass is 32.2. The minimum atomic E-state index is -0.139. The molecule has 2 aliphatic carbocycles. The summed E-state index contributed by atoms with van der Waals surface area (Å²) in [6, 6.07) is 0.366. The Morgan fingerprint density at radius 3 is 2.67 bits per heavy atom. The van der Waals surface area contributed by atoms with Crippen molar-refractivity contribution < 1.29 is 4.79 Å². The summed E-state index contributed by atoms with van der Waals surface area (Å²) >= 11 is 1.84. The van der Waals surface area contributed by atoms with Gasteiger partial charge in [-0.25, -0.2) is 0 Å². The quantitative estimate of drug-likeness (QED) is 0.848. The first-order chi connectivity index (χ1) is 8.68. The lowest BCUT2D eigenvalue weighted by molar-refractivity contribution is -0.132. The number of carbonyl (C=O) groups excluding carboxylic acids is 1. The fraction of sp³-hybridized carbons (Fsp3) is 0.929. The van der Waals surface area contributed by atoms with E-state index in [1.807, 2.05) is 11.8 Å². The summed E-state index contributed by atoms with van der Waals surface area (Å²) in [7, 11) is 0. The van der Waals surface area contributed by atoms with Crippen LogP contribution < -0.4 is 5.32 Å². The highest BCUT2D eigenvalue weighted by Gasteiger charge is 2.61. The van der Waals surface area contributed by atoms with E-state index >= 15 is 0 Å². The average molecular weight is 268 g/mol. The normalized spacial score (nSPS) is 32.4. The molecule has 1 spiro atoms. The van der Waals surface area contributed by atoms with Gasteiger partial charge >= 0.3 is 0 Å². The molecule has 0 bridgehead atoms. The van der Waals surface area contributed by atoms with Gasteiger partial charge in [-0.3, -0.25) is 10.1 Å². The Morgan fingerprint density at radius 2 is 2.11 bits per heavy atom. The summed E-state index contributed by atoms with van der Waals surface area (Å²) in [5.41, 5.74) is -0.139. The molecule has 0 aromatic carbocycles. The SMILES string of the molecule is CSCC(C)N1C(=O)C2(CC2)NC1C1CCCC1. The third-order valence-corrected chi connectivity index (χ3v) is 5.66. The van der Waals surface area contributed by atoms with Crippen molar-refractivity contribution in [2.45, 2.75) is 63.2 Å². The molecule has 4 heteroatoms. The van der Waals surface area contributed by atoms with E-state index in [1.54, 1.807) is 0 Å². The largest absolute Gasteiger partial charge is 0.322 e. The second kappa shape index (κ2) is 4.71. The number of carbonyl (C=O) groups is 1. The minimum absolute atomic E-state index is 0.139. The Balaban J connectivity index is 1.79. The van der Waals surface area contributed by atoms with E-state index in [0.717, 1.165) is 18.6 Å². The Labute approximate surface area is 114 Å². The van der Waals surface area contributed by atoms with Crippen molar-refractivity contribution in [3.05, 3.63) is 0 Å². The van der Waals surface area contributed by atoms with Crippen LogP contribution in [-0.2, 0) is 4.79 Å². The van der Waals surface area contributed by atoms with Gasteiger partial charge in [-0.05, 0) is 44.8 Å². The Morgan fingerprint density at radius 1 is 1.44 bits per heavy atom. The number of hydrogen-bond donors (Lipinski definition) is 1. The highest BCUT2D eigenvalue weighted by Crippen LogP contribution is 2.46. The molecule has 1 N–H and O–H groups in total. The van der Waals surface area contributed by atoms with Gasteiger partial charge in [-0.15, -0.1) is 0 Å². The van der Waals surface area contributed by atoms with Crippen LogP contribution in [0, 0.1) is 5.92 Å². The standard InChI is InChI=1S/C14H24N2OS/c1-10(9-18-2)16-12(11-5-3-4-6-11)15-14(7-8-14)13(16)17/h10-12,15H,3-9H2,1-2H3. The van der Waals surface area contributed by atoms with Crippen LogP contribution in [0.3, 0.4) is 0 Å². The molecule has 0 aromatic heterocycles. The van der Waals surface area contributed by atoms with Crippen molar-refractivity contribution in [3.63, 3.8) is 0 Å². The van der Waals surface area contributed by atoms with Crippen LogP contribution in [-0.4, -0.2) is 40.6 Å². The fourth-order valence-electron chi connectivity index (χ4n) is 3.68. The summed E-state index contributed by atoms with van der Waals surface area (Å²) in [5.74, 6) is 2.13. The number of nitrogens with zero attached hydrogens (tertiary/aromatic N) is 1. The lowest BCUT2D eigenvalue weighted by Gasteiger charge is -2.33. The van der Waals surface area contributed by atoms with Crippen LogP contribution in [0.5, 0.6) is 0 Å². The van der Waals surface area contributed by atoms with E-state index in [9.17, 15) is 4.79 Å². The Kier molecular flexibility index (Phi) is 3.35. The molecule has 0 radical (unpaired) electrons. The summed E-state index contributed by atoms with van der Waals surface area (Å²) in [5, 5.41) is 3.69. The molecule has 3 fully saturated rings. The Bertz CT molecular complexity index is 337. The summed E-state index contributed by atoms with van der Waals surface area (Å²) in [6.07, 6.45) is 9.83. The predicted molar refractivity (Wildman–Crippen MR) is 75.5 cm³/mol. The third kappa shape index (κ3) is 1.97. The van der Waals surface area contributed by atoms with Crippen molar-refractivity contribution in [2.75, 3.05) is 12.0 Å². The third-order valence-electron chi connectivity index (χ3n) is 4.85. The summed E-state index contributed by atoms with van der Waals surface area (Å²) in [4.78, 5) is 14.8. The highest BCUT2D eigenvalue weighted by molar-refractivity contribution is 7.98. The second-order valence-electron chi connectivity index (χ2n) is 6.23. The lowest BCUT2D eigenvalue weighted by atomic mass is 10.0. The van der Waals surface area contributed by atoms with E-state index < -0.39 is 0 Å². The van der Waals surface area contributed by atoms with Crippen LogP contribution in [0.2, 0.25) is 0 Å². The number of rotatable bonds is 4. The van der Waals surface area contributed by atoms with Crippen molar-refractivity contribution in [2.24, 2.45) is 5.92 Å². The summed E-state index contributed by atoms with van der Waals surface area (Å²) < 4.78 is 0.